The van der Waals surface area contributed by atoms with Crippen LogP contribution in [0.15, 0.2) is 25.3 Å². The van der Waals surface area contributed by atoms with Gasteiger partial charge in [-0.1, -0.05) is 19.1 Å². The number of rotatable bonds is 3. The number of carbonyl (C=O) groups excluding carboxylic acids is 1. The van der Waals surface area contributed by atoms with Crippen LogP contribution >= 0.6 is 0 Å². The van der Waals surface area contributed by atoms with E-state index in [9.17, 15) is 4.79 Å². The van der Waals surface area contributed by atoms with Gasteiger partial charge in [0.25, 0.3) is 0 Å². The van der Waals surface area contributed by atoms with Crippen molar-refractivity contribution in [2.75, 3.05) is 0 Å². The molecule has 0 spiro atoms. The molecule has 1 aliphatic rings. The Morgan fingerprint density at radius 1 is 1.31 bits per heavy atom. The van der Waals surface area contributed by atoms with Crippen molar-refractivity contribution in [3.63, 3.8) is 0 Å². The Bertz CT molecular complexity index is 224. The summed E-state index contributed by atoms with van der Waals surface area (Å²) < 4.78 is 0. The lowest BCUT2D eigenvalue weighted by molar-refractivity contribution is -0.128. The molecule has 0 aromatic carbocycles. The SMILES string of the molecule is C=C[C@@H]1CC[C@H](C=C)C1(C)C(C)=O. The Morgan fingerprint density at radius 2 is 1.69 bits per heavy atom. The second-order valence-corrected chi connectivity index (χ2v) is 4.10. The summed E-state index contributed by atoms with van der Waals surface area (Å²) in [5.41, 5.74) is -0.247. The van der Waals surface area contributed by atoms with Gasteiger partial charge in [0.05, 0.1) is 0 Å². The molecule has 0 aromatic rings. The molecule has 1 nitrogen and oxygen atoms in total. The summed E-state index contributed by atoms with van der Waals surface area (Å²) in [5, 5.41) is 0. The summed E-state index contributed by atoms with van der Waals surface area (Å²) in [4.78, 5) is 11.6. The average molecular weight is 178 g/mol. The van der Waals surface area contributed by atoms with E-state index in [4.69, 9.17) is 0 Å². The first-order valence-corrected chi connectivity index (χ1v) is 4.83. The summed E-state index contributed by atoms with van der Waals surface area (Å²) in [6, 6.07) is 0. The lowest BCUT2D eigenvalue weighted by atomic mass is 9.71. The number of Topliss-reactive ketones (excluding diaryl/α,β-unsaturated/α-hetero) is 1. The van der Waals surface area contributed by atoms with Gasteiger partial charge < -0.3 is 0 Å². The van der Waals surface area contributed by atoms with Crippen molar-refractivity contribution in [3.8, 4) is 0 Å². The van der Waals surface area contributed by atoms with Crippen LogP contribution in [0.3, 0.4) is 0 Å². The molecule has 0 aromatic heterocycles. The van der Waals surface area contributed by atoms with Gasteiger partial charge in [-0.05, 0) is 31.6 Å². The molecule has 1 aliphatic carbocycles. The standard InChI is InChI=1S/C12H18O/c1-5-10-7-8-11(6-2)12(10,4)9(3)13/h5-6,10-11H,1-2,7-8H2,3-4H3/t10-,11+,12?. The van der Waals surface area contributed by atoms with E-state index >= 15 is 0 Å². The van der Waals surface area contributed by atoms with Crippen molar-refractivity contribution >= 4 is 5.78 Å². The molecule has 0 amide bonds. The van der Waals surface area contributed by atoms with Gasteiger partial charge >= 0.3 is 0 Å². The van der Waals surface area contributed by atoms with Gasteiger partial charge in [-0.3, -0.25) is 4.79 Å². The topological polar surface area (TPSA) is 17.1 Å². The Balaban J connectivity index is 3.03. The molecule has 1 fully saturated rings. The number of hydrogen-bond acceptors (Lipinski definition) is 1. The van der Waals surface area contributed by atoms with Gasteiger partial charge in [0.15, 0.2) is 0 Å². The summed E-state index contributed by atoms with van der Waals surface area (Å²) >= 11 is 0. The first-order valence-electron chi connectivity index (χ1n) is 4.83. The molecule has 0 heterocycles. The van der Waals surface area contributed by atoms with Crippen molar-refractivity contribution in [2.24, 2.45) is 17.3 Å². The normalized spacial score (nSPS) is 38.6. The third kappa shape index (κ3) is 1.37. The van der Waals surface area contributed by atoms with Crippen molar-refractivity contribution in [2.45, 2.75) is 26.7 Å². The lowest BCUT2D eigenvalue weighted by Gasteiger charge is -2.31. The molecular formula is C12H18O. The van der Waals surface area contributed by atoms with Gasteiger partial charge in [-0.25, -0.2) is 0 Å². The quantitative estimate of drug-likeness (QED) is 0.607. The lowest BCUT2D eigenvalue weighted by Crippen LogP contribution is -2.34. The van der Waals surface area contributed by atoms with E-state index in [0.717, 1.165) is 12.8 Å². The molecule has 0 aliphatic heterocycles. The number of carbonyl (C=O) groups is 1. The van der Waals surface area contributed by atoms with Crippen LogP contribution in [-0.4, -0.2) is 5.78 Å². The molecule has 1 heteroatoms. The summed E-state index contributed by atoms with van der Waals surface area (Å²) in [5.74, 6) is 0.917. The minimum atomic E-state index is -0.247. The van der Waals surface area contributed by atoms with Crippen LogP contribution in [0, 0.1) is 17.3 Å². The van der Waals surface area contributed by atoms with Crippen LogP contribution in [0.25, 0.3) is 0 Å². The predicted octanol–water partition coefficient (Wildman–Crippen LogP) is 2.98. The zero-order valence-corrected chi connectivity index (χ0v) is 8.55. The number of allylic oxidation sites excluding steroid dienone is 2. The molecule has 0 bridgehead atoms. The van der Waals surface area contributed by atoms with E-state index in [1.165, 1.54) is 0 Å². The summed E-state index contributed by atoms with van der Waals surface area (Å²) in [7, 11) is 0. The predicted molar refractivity (Wildman–Crippen MR) is 55.4 cm³/mol. The largest absolute Gasteiger partial charge is 0.299 e. The fraction of sp³-hybridized carbons (Fsp3) is 0.583. The molecule has 72 valence electrons. The van der Waals surface area contributed by atoms with Gasteiger partial charge in [0.1, 0.15) is 5.78 Å². The van der Waals surface area contributed by atoms with Crippen LogP contribution in [0.5, 0.6) is 0 Å². The zero-order valence-electron chi connectivity index (χ0n) is 8.55. The van der Waals surface area contributed by atoms with Crippen LogP contribution in [0.1, 0.15) is 26.7 Å². The fourth-order valence-corrected chi connectivity index (χ4v) is 2.48. The Hall–Kier alpha value is -0.850. The van der Waals surface area contributed by atoms with E-state index < -0.39 is 0 Å². The molecule has 1 unspecified atom stereocenters. The molecule has 1 rings (SSSR count). The van der Waals surface area contributed by atoms with Crippen LogP contribution in [-0.2, 0) is 4.79 Å². The fourth-order valence-electron chi connectivity index (χ4n) is 2.48. The molecular weight excluding hydrogens is 160 g/mol. The highest BCUT2D eigenvalue weighted by atomic mass is 16.1. The third-order valence-electron chi connectivity index (χ3n) is 3.66. The molecule has 0 saturated heterocycles. The maximum atomic E-state index is 11.6. The van der Waals surface area contributed by atoms with E-state index in [2.05, 4.69) is 13.2 Å². The van der Waals surface area contributed by atoms with Gasteiger partial charge in [0.2, 0.25) is 0 Å². The smallest absolute Gasteiger partial charge is 0.136 e. The maximum Gasteiger partial charge on any atom is 0.136 e. The van der Waals surface area contributed by atoms with Gasteiger partial charge in [-0.15, -0.1) is 13.2 Å². The molecule has 0 radical (unpaired) electrons. The molecule has 13 heavy (non-hydrogen) atoms. The highest BCUT2D eigenvalue weighted by Gasteiger charge is 2.47. The number of hydrogen-bond donors (Lipinski definition) is 0. The molecule has 3 atom stereocenters. The molecule has 0 N–H and O–H groups in total. The monoisotopic (exact) mass is 178 g/mol. The van der Waals surface area contributed by atoms with Crippen LogP contribution < -0.4 is 0 Å². The van der Waals surface area contributed by atoms with E-state index in [0.29, 0.717) is 11.8 Å². The minimum absolute atomic E-state index is 0.247. The summed E-state index contributed by atoms with van der Waals surface area (Å²) in [6.45, 7) is 11.3. The highest BCUT2D eigenvalue weighted by Crippen LogP contribution is 2.49. The Morgan fingerprint density at radius 3 is 1.92 bits per heavy atom. The zero-order chi connectivity index (χ0) is 10.1. The van der Waals surface area contributed by atoms with E-state index in [1.54, 1.807) is 6.92 Å². The average Bonchev–Trinajstić information content (AvgIpc) is 2.43. The Labute approximate surface area is 80.5 Å². The molecule has 1 saturated carbocycles. The number of ketones is 1. The van der Waals surface area contributed by atoms with E-state index in [-0.39, 0.29) is 11.2 Å². The van der Waals surface area contributed by atoms with Crippen molar-refractivity contribution in [1.82, 2.24) is 0 Å². The Kier molecular flexibility index (Phi) is 2.74. The van der Waals surface area contributed by atoms with Gasteiger partial charge in [-0.2, -0.15) is 0 Å². The van der Waals surface area contributed by atoms with Crippen LogP contribution in [0.4, 0.5) is 0 Å². The minimum Gasteiger partial charge on any atom is -0.299 e. The highest BCUT2D eigenvalue weighted by molar-refractivity contribution is 5.83. The van der Waals surface area contributed by atoms with Crippen molar-refractivity contribution in [1.29, 1.82) is 0 Å². The van der Waals surface area contributed by atoms with E-state index in [1.807, 2.05) is 19.1 Å². The van der Waals surface area contributed by atoms with Crippen LogP contribution in [0.2, 0.25) is 0 Å². The van der Waals surface area contributed by atoms with Gasteiger partial charge in [0, 0.05) is 5.41 Å². The first-order chi connectivity index (χ1) is 6.07. The second kappa shape index (κ2) is 3.49. The third-order valence-corrected chi connectivity index (χ3v) is 3.66. The first kappa shape index (κ1) is 10.2. The summed E-state index contributed by atoms with van der Waals surface area (Å²) in [6.07, 6.45) is 5.97. The maximum absolute atomic E-state index is 11.6. The second-order valence-electron chi connectivity index (χ2n) is 4.10. The van der Waals surface area contributed by atoms with Crippen molar-refractivity contribution in [3.05, 3.63) is 25.3 Å². The van der Waals surface area contributed by atoms with Crippen molar-refractivity contribution < 1.29 is 4.79 Å².